The van der Waals surface area contributed by atoms with Crippen molar-refractivity contribution in [2.75, 3.05) is 25.0 Å². The van der Waals surface area contributed by atoms with Gasteiger partial charge in [0, 0.05) is 24.7 Å². The highest BCUT2D eigenvalue weighted by atomic mass is 32.1. The van der Waals surface area contributed by atoms with E-state index in [-0.39, 0.29) is 0 Å². The predicted molar refractivity (Wildman–Crippen MR) is 100 cm³/mol. The highest BCUT2D eigenvalue weighted by molar-refractivity contribution is 7.15. The molecule has 1 N–H and O–H groups in total. The Labute approximate surface area is 148 Å². The van der Waals surface area contributed by atoms with Gasteiger partial charge in [0.2, 0.25) is 5.13 Å². The smallest absolute Gasteiger partial charge is 0.211 e. The Kier molecular flexibility index (Phi) is 5.79. The van der Waals surface area contributed by atoms with E-state index in [0.29, 0.717) is 5.92 Å². The van der Waals surface area contributed by atoms with Crippen LogP contribution in [-0.2, 0) is 6.42 Å². The Hall–Kier alpha value is -1.53. The molecule has 3 rings (SSSR count). The molecule has 1 unspecified atom stereocenters. The summed E-state index contributed by atoms with van der Waals surface area (Å²) in [5.74, 6) is 2.11. The highest BCUT2D eigenvalue weighted by Crippen LogP contribution is 2.28. The largest absolute Gasteiger partial charge is 0.315 e. The minimum Gasteiger partial charge on any atom is -0.315 e. The number of hydrogen-bond donors (Lipinski definition) is 1. The minimum atomic E-state index is 0.528. The van der Waals surface area contributed by atoms with E-state index in [1.165, 1.54) is 31.6 Å². The van der Waals surface area contributed by atoms with Crippen molar-refractivity contribution in [1.82, 2.24) is 20.1 Å². The van der Waals surface area contributed by atoms with Crippen LogP contribution in [0.3, 0.4) is 0 Å². The zero-order valence-electron chi connectivity index (χ0n) is 14.8. The van der Waals surface area contributed by atoms with E-state index in [0.717, 1.165) is 34.8 Å². The molecular formula is C18H27N5S. The number of aromatic nitrogens is 3. The number of rotatable bonds is 6. The van der Waals surface area contributed by atoms with E-state index in [2.05, 4.69) is 53.3 Å². The summed E-state index contributed by atoms with van der Waals surface area (Å²) < 4.78 is 0. The molecule has 1 fully saturated rings. The second kappa shape index (κ2) is 8.03. The molecule has 130 valence electrons. The fraction of sp³-hybridized carbons (Fsp3) is 0.611. The molecule has 0 aromatic carbocycles. The summed E-state index contributed by atoms with van der Waals surface area (Å²) in [6, 6.07) is 6.26. The van der Waals surface area contributed by atoms with Crippen LogP contribution in [0, 0.1) is 5.92 Å². The number of nitrogens with one attached hydrogen (secondary N) is 1. The lowest BCUT2D eigenvalue weighted by Crippen LogP contribution is -2.37. The lowest BCUT2D eigenvalue weighted by atomic mass is 9.93. The molecule has 0 bridgehead atoms. The molecule has 0 radical (unpaired) electrons. The van der Waals surface area contributed by atoms with Crippen molar-refractivity contribution in [1.29, 1.82) is 0 Å². The van der Waals surface area contributed by atoms with Crippen LogP contribution in [0.15, 0.2) is 18.2 Å². The lowest BCUT2D eigenvalue weighted by molar-refractivity contribution is 0.186. The maximum absolute atomic E-state index is 4.84. The predicted octanol–water partition coefficient (Wildman–Crippen LogP) is 4.07. The minimum absolute atomic E-state index is 0.528. The summed E-state index contributed by atoms with van der Waals surface area (Å²) in [7, 11) is 0. The molecule has 3 heterocycles. The van der Waals surface area contributed by atoms with Gasteiger partial charge in [-0.1, -0.05) is 38.2 Å². The zero-order valence-corrected chi connectivity index (χ0v) is 15.6. The van der Waals surface area contributed by atoms with E-state index in [9.17, 15) is 0 Å². The number of likely N-dealkylation sites (tertiary alicyclic amines) is 1. The molecule has 1 atom stereocenters. The Balaban J connectivity index is 1.68. The van der Waals surface area contributed by atoms with Crippen molar-refractivity contribution in [2.24, 2.45) is 5.92 Å². The summed E-state index contributed by atoms with van der Waals surface area (Å²) in [6.45, 7) is 10.2. The number of hydrogen-bond acceptors (Lipinski definition) is 6. The summed E-state index contributed by atoms with van der Waals surface area (Å²) >= 11 is 1.59. The van der Waals surface area contributed by atoms with Gasteiger partial charge in [-0.3, -0.25) is 0 Å². The van der Waals surface area contributed by atoms with Gasteiger partial charge < -0.3 is 10.2 Å². The fourth-order valence-corrected chi connectivity index (χ4v) is 3.97. The van der Waals surface area contributed by atoms with Crippen molar-refractivity contribution < 1.29 is 0 Å². The van der Waals surface area contributed by atoms with Gasteiger partial charge in [0.05, 0.1) is 0 Å². The van der Waals surface area contributed by atoms with E-state index in [1.807, 2.05) is 6.07 Å². The summed E-state index contributed by atoms with van der Waals surface area (Å²) in [6.07, 6.45) is 3.40. The van der Waals surface area contributed by atoms with E-state index >= 15 is 0 Å². The second-order valence-electron chi connectivity index (χ2n) is 6.92. The first-order valence-electron chi connectivity index (χ1n) is 8.92. The normalized spacial score (nSPS) is 18.9. The van der Waals surface area contributed by atoms with E-state index < -0.39 is 0 Å². The fourth-order valence-electron chi connectivity index (χ4n) is 3.28. The number of aryl methyl sites for hydroxylation is 1. The Morgan fingerprint density at radius 2 is 2.21 bits per heavy atom. The van der Waals surface area contributed by atoms with Crippen LogP contribution < -0.4 is 5.32 Å². The third kappa shape index (κ3) is 4.51. The first-order chi connectivity index (χ1) is 11.6. The molecule has 1 saturated heterocycles. The molecule has 2 aromatic rings. The first-order valence-corrected chi connectivity index (χ1v) is 9.74. The zero-order chi connectivity index (χ0) is 16.9. The maximum Gasteiger partial charge on any atom is 0.211 e. The number of nitrogens with zero attached hydrogens (tertiary/aromatic N) is 4. The molecule has 0 amide bonds. The van der Waals surface area contributed by atoms with Gasteiger partial charge in [-0.15, -0.1) is 10.2 Å². The molecule has 0 saturated carbocycles. The van der Waals surface area contributed by atoms with E-state index in [1.54, 1.807) is 11.3 Å². The third-order valence-electron chi connectivity index (χ3n) is 4.32. The Morgan fingerprint density at radius 1 is 1.33 bits per heavy atom. The lowest BCUT2D eigenvalue weighted by Gasteiger charge is -2.33. The molecular weight excluding hydrogens is 318 g/mol. The van der Waals surface area contributed by atoms with Crippen LogP contribution in [0.4, 0.5) is 10.9 Å². The maximum atomic E-state index is 4.84. The van der Waals surface area contributed by atoms with Crippen LogP contribution in [0.2, 0.25) is 0 Å². The topological polar surface area (TPSA) is 53.9 Å². The summed E-state index contributed by atoms with van der Waals surface area (Å²) in [5, 5.41) is 13.5. The van der Waals surface area contributed by atoms with Crippen molar-refractivity contribution in [3.05, 3.63) is 28.9 Å². The molecule has 6 heteroatoms. The van der Waals surface area contributed by atoms with E-state index in [4.69, 9.17) is 4.98 Å². The van der Waals surface area contributed by atoms with Gasteiger partial charge in [-0.25, -0.2) is 4.98 Å². The molecule has 1 aliphatic heterocycles. The number of anilines is 2. The standard InChI is InChI=1S/C18H27N5S/c1-4-17-21-22-18(24-17)20-16-9-5-8-15(19-16)14-7-6-10-23(12-14)11-13(2)3/h5,8-9,13-14H,4,6-7,10-12H2,1-3H3,(H,19,20,22). The van der Waals surface area contributed by atoms with Gasteiger partial charge in [0.1, 0.15) is 10.8 Å². The Morgan fingerprint density at radius 3 is 2.96 bits per heavy atom. The number of piperidine rings is 1. The SMILES string of the molecule is CCc1nnc(Nc2cccc(C3CCCN(CC(C)C)C3)n2)s1. The molecule has 1 aliphatic rings. The quantitative estimate of drug-likeness (QED) is 0.855. The van der Waals surface area contributed by atoms with Gasteiger partial charge in [0.25, 0.3) is 0 Å². The van der Waals surface area contributed by atoms with Crippen LogP contribution in [0.25, 0.3) is 0 Å². The van der Waals surface area contributed by atoms with Crippen LogP contribution in [-0.4, -0.2) is 39.7 Å². The van der Waals surface area contributed by atoms with Crippen LogP contribution in [0.5, 0.6) is 0 Å². The average molecular weight is 346 g/mol. The molecule has 0 aliphatic carbocycles. The number of pyridine rings is 1. The van der Waals surface area contributed by atoms with Gasteiger partial charge in [-0.2, -0.15) is 0 Å². The van der Waals surface area contributed by atoms with Crippen molar-refractivity contribution in [3.63, 3.8) is 0 Å². The molecule has 5 nitrogen and oxygen atoms in total. The molecule has 2 aromatic heterocycles. The van der Waals surface area contributed by atoms with Gasteiger partial charge >= 0.3 is 0 Å². The van der Waals surface area contributed by atoms with Crippen molar-refractivity contribution in [3.8, 4) is 0 Å². The Bertz CT molecular complexity index is 654. The van der Waals surface area contributed by atoms with Crippen LogP contribution >= 0.6 is 11.3 Å². The summed E-state index contributed by atoms with van der Waals surface area (Å²) in [4.78, 5) is 7.42. The molecule has 24 heavy (non-hydrogen) atoms. The second-order valence-corrected chi connectivity index (χ2v) is 7.98. The summed E-state index contributed by atoms with van der Waals surface area (Å²) in [5.41, 5.74) is 1.19. The van der Waals surface area contributed by atoms with Crippen LogP contribution in [0.1, 0.15) is 50.2 Å². The highest BCUT2D eigenvalue weighted by Gasteiger charge is 2.22. The van der Waals surface area contributed by atoms with Gasteiger partial charge in [0.15, 0.2) is 0 Å². The third-order valence-corrected chi connectivity index (χ3v) is 5.31. The average Bonchev–Trinajstić information content (AvgIpc) is 3.02. The van der Waals surface area contributed by atoms with Gasteiger partial charge in [-0.05, 0) is 43.9 Å². The monoisotopic (exact) mass is 345 g/mol. The molecule has 0 spiro atoms. The first kappa shape index (κ1) is 17.3. The van der Waals surface area contributed by atoms with Crippen molar-refractivity contribution in [2.45, 2.75) is 46.0 Å². The van der Waals surface area contributed by atoms with Crippen molar-refractivity contribution >= 4 is 22.3 Å².